The maximum atomic E-state index is 13.3. The third kappa shape index (κ3) is 7.21. The summed E-state index contributed by atoms with van der Waals surface area (Å²) in [7, 11) is 0. The Morgan fingerprint density at radius 3 is 2.44 bits per heavy atom. The Morgan fingerprint density at radius 1 is 1.00 bits per heavy atom. The molecule has 232 valence electrons. The van der Waals surface area contributed by atoms with Crippen molar-refractivity contribution in [2.75, 3.05) is 6.61 Å². The van der Waals surface area contributed by atoms with Crippen LogP contribution in [0.25, 0.3) is 33.5 Å². The van der Waals surface area contributed by atoms with Gasteiger partial charge in [-0.05, 0) is 47.9 Å². The number of imidazole rings is 1. The number of para-hydroxylation sites is 1. The van der Waals surface area contributed by atoms with Crippen molar-refractivity contribution in [3.05, 3.63) is 88.0 Å². The predicted molar refractivity (Wildman–Crippen MR) is 158 cm³/mol. The molecule has 1 N–H and O–H groups in total. The fraction of sp³-hybridized carbons (Fsp3) is 0.267. The predicted octanol–water partition coefficient (Wildman–Crippen LogP) is 4.36. The number of esters is 2. The maximum absolute atomic E-state index is 13.3. The molecular weight excluding hydrogens is 586 g/mol. The molecule has 0 fully saturated rings. The molecule has 0 aliphatic rings. The molecule has 0 spiro atoms. The normalized spacial score (nSPS) is 12.3. The number of aromatic nitrogens is 6. The molecule has 0 aliphatic carbocycles. The van der Waals surface area contributed by atoms with Crippen LogP contribution in [0.4, 0.5) is 0 Å². The van der Waals surface area contributed by atoms with Crippen LogP contribution in [0.2, 0.25) is 0 Å². The molecule has 0 amide bonds. The van der Waals surface area contributed by atoms with E-state index in [1.165, 1.54) is 13.8 Å². The van der Waals surface area contributed by atoms with Gasteiger partial charge < -0.3 is 19.0 Å². The largest absolute Gasteiger partial charge is 0.465 e. The molecule has 5 rings (SSSR count). The molecule has 0 bridgehead atoms. The zero-order chi connectivity index (χ0) is 31.9. The van der Waals surface area contributed by atoms with Crippen molar-refractivity contribution in [1.82, 2.24) is 30.2 Å². The fourth-order valence-electron chi connectivity index (χ4n) is 4.78. The van der Waals surface area contributed by atoms with Crippen LogP contribution in [-0.4, -0.2) is 66.2 Å². The summed E-state index contributed by atoms with van der Waals surface area (Å²) in [6, 6.07) is 21.0. The number of nitrogens with zero attached hydrogens (tertiary/aromatic N) is 6. The number of nitrogens with one attached hydrogen (secondary N) is 1. The zero-order valence-electron chi connectivity index (χ0n) is 24.6. The summed E-state index contributed by atoms with van der Waals surface area (Å²) in [5.74, 6) is -1.09. The van der Waals surface area contributed by atoms with Gasteiger partial charge in [0.15, 0.2) is 0 Å². The fourth-order valence-corrected chi connectivity index (χ4v) is 4.78. The first-order chi connectivity index (χ1) is 21.7. The lowest BCUT2D eigenvalue weighted by atomic mass is 9.98. The van der Waals surface area contributed by atoms with Gasteiger partial charge in [-0.1, -0.05) is 54.6 Å². The molecule has 5 aromatic rings. The highest BCUT2D eigenvalue weighted by Crippen LogP contribution is 2.31. The smallest absolute Gasteiger partial charge is 0.343 e. The minimum atomic E-state index is -1.27. The van der Waals surface area contributed by atoms with E-state index in [0.717, 1.165) is 22.3 Å². The number of hydrogen-bond acceptors (Lipinski definition) is 12. The Balaban J connectivity index is 1.38. The minimum absolute atomic E-state index is 0.185. The van der Waals surface area contributed by atoms with Gasteiger partial charge in [-0.3, -0.25) is 9.36 Å². The van der Waals surface area contributed by atoms with Gasteiger partial charge in [0, 0.05) is 12.5 Å². The van der Waals surface area contributed by atoms with Crippen LogP contribution in [0.5, 0.6) is 6.01 Å². The van der Waals surface area contributed by atoms with Crippen molar-refractivity contribution in [1.29, 1.82) is 0 Å². The average Bonchev–Trinajstić information content (AvgIpc) is 3.66. The number of hydrogen-bond donors (Lipinski definition) is 1. The van der Waals surface area contributed by atoms with Crippen molar-refractivity contribution in [2.24, 2.45) is 0 Å². The van der Waals surface area contributed by atoms with E-state index in [1.54, 1.807) is 22.8 Å². The quantitative estimate of drug-likeness (QED) is 0.0854. The molecule has 2 heterocycles. The van der Waals surface area contributed by atoms with Gasteiger partial charge in [0.1, 0.15) is 6.10 Å². The van der Waals surface area contributed by atoms with E-state index < -0.39 is 35.8 Å². The van der Waals surface area contributed by atoms with E-state index in [-0.39, 0.29) is 5.56 Å². The first-order valence-electron chi connectivity index (χ1n) is 14.0. The van der Waals surface area contributed by atoms with Crippen LogP contribution >= 0.6 is 0 Å². The molecule has 15 heteroatoms. The van der Waals surface area contributed by atoms with Gasteiger partial charge in [-0.25, -0.2) is 4.79 Å². The van der Waals surface area contributed by atoms with Crippen LogP contribution in [0.15, 0.2) is 66.7 Å². The Kier molecular flexibility index (Phi) is 9.26. The molecule has 2 aromatic heterocycles. The van der Waals surface area contributed by atoms with Crippen LogP contribution in [0.1, 0.15) is 43.1 Å². The number of carbonyl (C=O) groups excluding carboxylic acids is 2. The number of fused-ring (bicyclic) bond motifs is 1. The van der Waals surface area contributed by atoms with Crippen LogP contribution < -0.4 is 4.74 Å². The minimum Gasteiger partial charge on any atom is -0.465 e. The summed E-state index contributed by atoms with van der Waals surface area (Å²) in [5.41, 5.74) is 4.80. The summed E-state index contributed by atoms with van der Waals surface area (Å²) in [6.07, 6.45) is -2.69. The van der Waals surface area contributed by atoms with E-state index in [2.05, 4.69) is 30.4 Å². The van der Waals surface area contributed by atoms with Crippen molar-refractivity contribution < 1.29 is 33.7 Å². The lowest BCUT2D eigenvalue weighted by molar-refractivity contribution is -0.767. The van der Waals surface area contributed by atoms with Gasteiger partial charge in [0.25, 0.3) is 11.1 Å². The Labute approximate surface area is 256 Å². The molecule has 0 radical (unpaired) electrons. The molecule has 45 heavy (non-hydrogen) atoms. The zero-order valence-corrected chi connectivity index (χ0v) is 24.6. The van der Waals surface area contributed by atoms with Crippen molar-refractivity contribution >= 4 is 23.0 Å². The lowest BCUT2D eigenvalue weighted by Gasteiger charge is -2.16. The first-order valence-corrected chi connectivity index (χ1v) is 14.0. The summed E-state index contributed by atoms with van der Waals surface area (Å²) in [4.78, 5) is 44.8. The van der Waals surface area contributed by atoms with Gasteiger partial charge >= 0.3 is 11.9 Å². The standard InChI is InChI=1S/C30H29N7O8/c1-4-42-30-31-25-11-7-10-24(29(39)44-19(3)43-26(38)16-18(2)45-37(40)41)27(25)36(30)17-20-12-14-21(15-13-20)22-8-5-6-9-23(22)28-32-34-35-33-28/h5-15,18-19H,4,16-17H2,1-3H3,(H,32,33,34,35)/t18-,19?/m1/s1. The second kappa shape index (κ2) is 13.6. The first kappa shape index (κ1) is 30.6. The third-order valence-corrected chi connectivity index (χ3v) is 6.63. The Hall–Kier alpha value is -5.86. The number of benzene rings is 3. The summed E-state index contributed by atoms with van der Waals surface area (Å²) >= 11 is 0. The number of H-pyrrole nitrogens is 1. The lowest BCUT2D eigenvalue weighted by Crippen LogP contribution is -2.25. The van der Waals surface area contributed by atoms with E-state index in [4.69, 9.17) is 14.2 Å². The molecule has 0 saturated heterocycles. The highest BCUT2D eigenvalue weighted by Gasteiger charge is 2.24. The number of aromatic amines is 1. The Bertz CT molecular complexity index is 1810. The molecule has 0 aliphatic heterocycles. The summed E-state index contributed by atoms with van der Waals surface area (Å²) in [5, 5.41) is 23.9. The summed E-state index contributed by atoms with van der Waals surface area (Å²) < 4.78 is 18.1. The molecule has 0 saturated carbocycles. The molecule has 2 atom stereocenters. The summed E-state index contributed by atoms with van der Waals surface area (Å²) in [6.45, 7) is 5.22. The molecule has 15 nitrogen and oxygen atoms in total. The maximum Gasteiger partial charge on any atom is 0.343 e. The van der Waals surface area contributed by atoms with Crippen molar-refractivity contribution in [3.8, 4) is 28.5 Å². The molecular formula is C30H29N7O8. The molecule has 1 unspecified atom stereocenters. The topological polar surface area (TPSA) is 186 Å². The highest BCUT2D eigenvalue weighted by molar-refractivity contribution is 6.02. The van der Waals surface area contributed by atoms with E-state index in [0.29, 0.717) is 36.0 Å². The van der Waals surface area contributed by atoms with E-state index in [1.807, 2.05) is 55.5 Å². The second-order valence-corrected chi connectivity index (χ2v) is 9.87. The van der Waals surface area contributed by atoms with Crippen LogP contribution in [-0.2, 0) is 25.7 Å². The van der Waals surface area contributed by atoms with Crippen LogP contribution in [0.3, 0.4) is 0 Å². The number of tetrazole rings is 1. The van der Waals surface area contributed by atoms with Gasteiger partial charge in [0.05, 0.1) is 36.2 Å². The van der Waals surface area contributed by atoms with Crippen molar-refractivity contribution in [2.45, 2.75) is 46.1 Å². The van der Waals surface area contributed by atoms with Crippen molar-refractivity contribution in [3.63, 3.8) is 0 Å². The second-order valence-electron chi connectivity index (χ2n) is 9.87. The number of rotatable bonds is 13. The Morgan fingerprint density at radius 2 is 1.76 bits per heavy atom. The SMILES string of the molecule is CCOc1nc2cccc(C(=O)OC(C)OC(=O)C[C@@H](C)O[N+](=O)[O-])c2n1Cc1ccc(-c2ccccc2-c2nn[nH]n2)cc1. The average molecular weight is 616 g/mol. The monoisotopic (exact) mass is 615 g/mol. The third-order valence-electron chi connectivity index (χ3n) is 6.63. The van der Waals surface area contributed by atoms with Gasteiger partial charge in [-0.2, -0.15) is 10.2 Å². The van der Waals surface area contributed by atoms with Crippen LogP contribution in [0, 0.1) is 10.1 Å². The van der Waals surface area contributed by atoms with Gasteiger partial charge in [-0.15, -0.1) is 20.3 Å². The van der Waals surface area contributed by atoms with Gasteiger partial charge in [0.2, 0.25) is 12.1 Å². The molecule has 3 aromatic carbocycles. The number of ether oxygens (including phenoxy) is 3. The highest BCUT2D eigenvalue weighted by atomic mass is 17.0. The van der Waals surface area contributed by atoms with E-state index in [9.17, 15) is 19.7 Å². The number of carbonyl (C=O) groups is 2. The van der Waals surface area contributed by atoms with E-state index >= 15 is 0 Å².